The van der Waals surface area contributed by atoms with Gasteiger partial charge < -0.3 is 15.4 Å². The standard InChI is InChI=1S/C22H22N4O3/c1-3-29-22(28)17-11-7-8-12-18(17)26-21(27)19-13-20(24-14-23-19)25-15(2)16-9-5-4-6-10-16/h4-15H,3H2,1-2H3,(H,26,27)(H,23,24,25). The number of carbonyl (C=O) groups excluding carboxylic acids is 2. The third-order valence-electron chi connectivity index (χ3n) is 4.23. The number of nitrogens with zero attached hydrogens (tertiary/aromatic N) is 2. The van der Waals surface area contributed by atoms with Crippen LogP contribution in [-0.2, 0) is 4.74 Å². The van der Waals surface area contributed by atoms with Crippen molar-refractivity contribution in [2.75, 3.05) is 17.2 Å². The highest BCUT2D eigenvalue weighted by molar-refractivity contribution is 6.07. The molecule has 1 unspecified atom stereocenters. The summed E-state index contributed by atoms with van der Waals surface area (Å²) in [7, 11) is 0. The monoisotopic (exact) mass is 390 g/mol. The number of para-hydroxylation sites is 1. The fourth-order valence-corrected chi connectivity index (χ4v) is 2.77. The van der Waals surface area contributed by atoms with Crippen LogP contribution in [0.3, 0.4) is 0 Å². The van der Waals surface area contributed by atoms with Crippen molar-refractivity contribution in [3.05, 3.63) is 83.8 Å². The van der Waals surface area contributed by atoms with Crippen molar-refractivity contribution in [2.24, 2.45) is 0 Å². The van der Waals surface area contributed by atoms with Crippen LogP contribution in [0.2, 0.25) is 0 Å². The molecular formula is C22H22N4O3. The normalized spacial score (nSPS) is 11.4. The summed E-state index contributed by atoms with van der Waals surface area (Å²) in [4.78, 5) is 33.0. The quantitative estimate of drug-likeness (QED) is 0.591. The number of aromatic nitrogens is 2. The van der Waals surface area contributed by atoms with Crippen LogP contribution in [0.5, 0.6) is 0 Å². The van der Waals surface area contributed by atoms with Crippen LogP contribution in [0.25, 0.3) is 0 Å². The maximum Gasteiger partial charge on any atom is 0.340 e. The predicted octanol–water partition coefficient (Wildman–Crippen LogP) is 4.08. The zero-order valence-electron chi connectivity index (χ0n) is 16.3. The summed E-state index contributed by atoms with van der Waals surface area (Å²) in [6, 6.07) is 18.2. The SMILES string of the molecule is CCOC(=O)c1ccccc1NC(=O)c1cc(NC(C)c2ccccc2)ncn1. The van der Waals surface area contributed by atoms with E-state index in [0.29, 0.717) is 11.5 Å². The number of ether oxygens (including phenoxy) is 1. The van der Waals surface area contributed by atoms with Gasteiger partial charge in [-0.25, -0.2) is 14.8 Å². The largest absolute Gasteiger partial charge is 0.462 e. The van der Waals surface area contributed by atoms with Crippen LogP contribution < -0.4 is 10.6 Å². The molecule has 2 N–H and O–H groups in total. The lowest BCUT2D eigenvalue weighted by Crippen LogP contribution is -2.18. The highest BCUT2D eigenvalue weighted by atomic mass is 16.5. The van der Waals surface area contributed by atoms with Crippen molar-refractivity contribution in [3.63, 3.8) is 0 Å². The first-order valence-corrected chi connectivity index (χ1v) is 9.29. The van der Waals surface area contributed by atoms with E-state index in [2.05, 4.69) is 20.6 Å². The topological polar surface area (TPSA) is 93.2 Å². The summed E-state index contributed by atoms with van der Waals surface area (Å²) in [6.45, 7) is 3.99. The zero-order valence-corrected chi connectivity index (χ0v) is 16.3. The minimum Gasteiger partial charge on any atom is -0.462 e. The fraction of sp³-hybridized carbons (Fsp3) is 0.182. The first-order valence-electron chi connectivity index (χ1n) is 9.29. The van der Waals surface area contributed by atoms with Gasteiger partial charge in [0.15, 0.2) is 0 Å². The number of amides is 1. The van der Waals surface area contributed by atoms with Crippen LogP contribution in [0.4, 0.5) is 11.5 Å². The van der Waals surface area contributed by atoms with Crippen LogP contribution >= 0.6 is 0 Å². The zero-order chi connectivity index (χ0) is 20.6. The Kier molecular flexibility index (Phi) is 6.52. The predicted molar refractivity (Wildman–Crippen MR) is 111 cm³/mol. The van der Waals surface area contributed by atoms with Gasteiger partial charge in [-0.2, -0.15) is 0 Å². The molecule has 29 heavy (non-hydrogen) atoms. The molecule has 1 aromatic heterocycles. The Morgan fingerprint density at radius 3 is 2.52 bits per heavy atom. The first-order chi connectivity index (χ1) is 14.1. The Hall–Kier alpha value is -3.74. The van der Waals surface area contributed by atoms with E-state index in [-0.39, 0.29) is 23.9 Å². The average Bonchev–Trinajstić information content (AvgIpc) is 2.75. The minimum absolute atomic E-state index is 0.00607. The van der Waals surface area contributed by atoms with Gasteiger partial charge in [-0.3, -0.25) is 4.79 Å². The van der Waals surface area contributed by atoms with Crippen LogP contribution in [0.15, 0.2) is 67.0 Å². The van der Waals surface area contributed by atoms with E-state index in [9.17, 15) is 9.59 Å². The van der Waals surface area contributed by atoms with Gasteiger partial charge in [0.25, 0.3) is 5.91 Å². The lowest BCUT2D eigenvalue weighted by molar-refractivity contribution is 0.0527. The van der Waals surface area contributed by atoms with Crippen molar-refractivity contribution in [1.29, 1.82) is 0 Å². The second-order valence-corrected chi connectivity index (χ2v) is 6.29. The lowest BCUT2D eigenvalue weighted by Gasteiger charge is -2.15. The summed E-state index contributed by atoms with van der Waals surface area (Å²) >= 11 is 0. The number of hydrogen-bond acceptors (Lipinski definition) is 6. The molecule has 3 aromatic rings. The number of nitrogens with one attached hydrogen (secondary N) is 2. The number of carbonyl (C=O) groups is 2. The second kappa shape index (κ2) is 9.45. The van der Waals surface area contributed by atoms with E-state index in [1.807, 2.05) is 37.3 Å². The Balaban J connectivity index is 1.74. The van der Waals surface area contributed by atoms with E-state index >= 15 is 0 Å². The van der Waals surface area contributed by atoms with Crippen molar-refractivity contribution in [1.82, 2.24) is 9.97 Å². The van der Waals surface area contributed by atoms with Crippen molar-refractivity contribution >= 4 is 23.4 Å². The van der Waals surface area contributed by atoms with Gasteiger partial charge in [0, 0.05) is 12.1 Å². The van der Waals surface area contributed by atoms with Gasteiger partial charge in [-0.15, -0.1) is 0 Å². The Labute approximate surface area is 169 Å². The summed E-state index contributed by atoms with van der Waals surface area (Å²) in [5.41, 5.74) is 1.93. The molecule has 0 saturated carbocycles. The molecule has 7 heteroatoms. The molecule has 2 aromatic carbocycles. The molecule has 1 heterocycles. The minimum atomic E-state index is -0.495. The summed E-state index contributed by atoms with van der Waals surface area (Å²) in [6.07, 6.45) is 1.33. The maximum absolute atomic E-state index is 12.7. The van der Waals surface area contributed by atoms with Gasteiger partial charge in [-0.1, -0.05) is 42.5 Å². The highest BCUT2D eigenvalue weighted by Gasteiger charge is 2.16. The van der Waals surface area contributed by atoms with Crippen LogP contribution in [0.1, 0.15) is 46.3 Å². The highest BCUT2D eigenvalue weighted by Crippen LogP contribution is 2.19. The fourth-order valence-electron chi connectivity index (χ4n) is 2.77. The van der Waals surface area contributed by atoms with Crippen LogP contribution in [0, 0.1) is 0 Å². The Morgan fingerprint density at radius 1 is 1.03 bits per heavy atom. The molecule has 148 valence electrons. The smallest absolute Gasteiger partial charge is 0.340 e. The maximum atomic E-state index is 12.7. The molecule has 1 amide bonds. The van der Waals surface area contributed by atoms with E-state index in [1.54, 1.807) is 37.3 Å². The van der Waals surface area contributed by atoms with Crippen molar-refractivity contribution in [3.8, 4) is 0 Å². The van der Waals surface area contributed by atoms with Gasteiger partial charge in [0.2, 0.25) is 0 Å². The molecule has 0 aliphatic rings. The number of benzene rings is 2. The lowest BCUT2D eigenvalue weighted by atomic mass is 10.1. The number of esters is 1. The molecular weight excluding hydrogens is 368 g/mol. The first kappa shape index (κ1) is 20.0. The summed E-state index contributed by atoms with van der Waals surface area (Å²) < 4.78 is 5.03. The van der Waals surface area contributed by atoms with E-state index in [0.717, 1.165) is 5.56 Å². The summed E-state index contributed by atoms with van der Waals surface area (Å²) in [5, 5.41) is 5.98. The second-order valence-electron chi connectivity index (χ2n) is 6.29. The van der Waals surface area contributed by atoms with E-state index in [4.69, 9.17) is 4.74 Å². The number of anilines is 2. The molecule has 0 bridgehead atoms. The van der Waals surface area contributed by atoms with Gasteiger partial charge >= 0.3 is 5.97 Å². The Bertz CT molecular complexity index is 992. The van der Waals surface area contributed by atoms with Crippen LogP contribution in [-0.4, -0.2) is 28.5 Å². The molecule has 0 radical (unpaired) electrons. The van der Waals surface area contributed by atoms with Crippen molar-refractivity contribution < 1.29 is 14.3 Å². The third kappa shape index (κ3) is 5.16. The molecule has 0 aliphatic carbocycles. The molecule has 0 fully saturated rings. The van der Waals surface area contributed by atoms with Gasteiger partial charge in [0.05, 0.1) is 17.9 Å². The van der Waals surface area contributed by atoms with Crippen molar-refractivity contribution in [2.45, 2.75) is 19.9 Å². The third-order valence-corrected chi connectivity index (χ3v) is 4.23. The molecule has 1 atom stereocenters. The number of hydrogen-bond donors (Lipinski definition) is 2. The molecule has 3 rings (SSSR count). The molecule has 0 saturated heterocycles. The number of rotatable bonds is 7. The molecule has 0 aliphatic heterocycles. The molecule has 7 nitrogen and oxygen atoms in total. The summed E-state index contributed by atoms with van der Waals surface area (Å²) in [5.74, 6) is -0.412. The molecule has 0 spiro atoms. The Morgan fingerprint density at radius 2 is 1.76 bits per heavy atom. The van der Waals surface area contributed by atoms with Gasteiger partial charge in [0.1, 0.15) is 17.8 Å². The van der Waals surface area contributed by atoms with E-state index < -0.39 is 11.9 Å². The van der Waals surface area contributed by atoms with E-state index in [1.165, 1.54) is 6.33 Å². The van der Waals surface area contributed by atoms with Gasteiger partial charge in [-0.05, 0) is 31.5 Å². The average molecular weight is 390 g/mol.